The van der Waals surface area contributed by atoms with E-state index in [1.165, 1.54) is 6.42 Å². The summed E-state index contributed by atoms with van der Waals surface area (Å²) in [6, 6.07) is 0.526. The number of ether oxygens (including phenoxy) is 2. The third-order valence-corrected chi connectivity index (χ3v) is 6.21. The summed E-state index contributed by atoms with van der Waals surface area (Å²) in [5.41, 5.74) is 0. The van der Waals surface area contributed by atoms with Gasteiger partial charge in [0.1, 0.15) is 12.2 Å². The third kappa shape index (κ3) is 5.39. The van der Waals surface area contributed by atoms with Gasteiger partial charge in [0, 0.05) is 32.2 Å². The fraction of sp³-hybridized carbons (Fsp3) is 0.947. The lowest BCUT2D eigenvalue weighted by Crippen LogP contribution is -2.39. The van der Waals surface area contributed by atoms with Gasteiger partial charge < -0.3 is 25.2 Å². The highest BCUT2D eigenvalue weighted by Gasteiger charge is 2.39. The van der Waals surface area contributed by atoms with Gasteiger partial charge in [0.2, 0.25) is 0 Å². The Morgan fingerprint density at radius 3 is 2.64 bits per heavy atom. The van der Waals surface area contributed by atoms with E-state index in [2.05, 4.69) is 10.6 Å². The van der Waals surface area contributed by atoms with Crippen molar-refractivity contribution >= 4 is 5.97 Å². The van der Waals surface area contributed by atoms with Crippen molar-refractivity contribution in [1.82, 2.24) is 10.6 Å². The number of methoxy groups -OCH3 is 1. The molecule has 1 saturated carbocycles. The normalized spacial score (nSPS) is 38.8. The minimum Gasteiger partial charge on any atom is -0.458 e. The Morgan fingerprint density at radius 2 is 1.96 bits per heavy atom. The van der Waals surface area contributed by atoms with E-state index in [-0.39, 0.29) is 12.0 Å². The Kier molecular flexibility index (Phi) is 7.10. The molecule has 0 aromatic carbocycles. The van der Waals surface area contributed by atoms with Gasteiger partial charge in [-0.15, -0.1) is 0 Å². The maximum absolute atomic E-state index is 12.2. The molecular weight excluding hydrogens is 320 g/mol. The summed E-state index contributed by atoms with van der Waals surface area (Å²) >= 11 is 0. The predicted octanol–water partition coefficient (Wildman–Crippen LogP) is 1.36. The van der Waals surface area contributed by atoms with Crippen molar-refractivity contribution in [3.05, 3.63) is 0 Å². The van der Waals surface area contributed by atoms with Gasteiger partial charge >= 0.3 is 5.97 Å². The van der Waals surface area contributed by atoms with Gasteiger partial charge in [-0.25, -0.2) is 0 Å². The Morgan fingerprint density at radius 1 is 1.16 bits per heavy atom. The van der Waals surface area contributed by atoms with E-state index in [0.717, 1.165) is 51.5 Å². The molecule has 4 atom stereocenters. The maximum Gasteiger partial charge on any atom is 0.306 e. The van der Waals surface area contributed by atoms with Crippen molar-refractivity contribution < 1.29 is 19.4 Å². The van der Waals surface area contributed by atoms with Crippen LogP contribution in [-0.4, -0.2) is 61.7 Å². The number of carbonyl (C=O) groups excluding carboxylic acids is 1. The van der Waals surface area contributed by atoms with Crippen molar-refractivity contribution in [2.24, 2.45) is 5.92 Å². The van der Waals surface area contributed by atoms with E-state index < -0.39 is 12.2 Å². The SMILES string of the molecule is COC1CCC(C[C@H]2NC[C@H](O)[C@H]2OC(=O)CC[C@@H]2CCCN2)CC1. The van der Waals surface area contributed by atoms with E-state index in [4.69, 9.17) is 9.47 Å². The maximum atomic E-state index is 12.2. The lowest BCUT2D eigenvalue weighted by Gasteiger charge is -2.31. The first kappa shape index (κ1) is 19.1. The highest BCUT2D eigenvalue weighted by Crippen LogP contribution is 2.31. The fourth-order valence-electron chi connectivity index (χ4n) is 4.62. The number of hydrogen-bond acceptors (Lipinski definition) is 6. The van der Waals surface area contributed by atoms with E-state index in [9.17, 15) is 9.90 Å². The Hall–Kier alpha value is -0.690. The molecule has 3 rings (SSSR count). The monoisotopic (exact) mass is 354 g/mol. The lowest BCUT2D eigenvalue weighted by atomic mass is 9.82. The lowest BCUT2D eigenvalue weighted by molar-refractivity contribution is -0.154. The Bertz CT molecular complexity index is 420. The number of rotatable bonds is 7. The van der Waals surface area contributed by atoms with E-state index in [1.807, 2.05) is 0 Å². The summed E-state index contributed by atoms with van der Waals surface area (Å²) in [6.07, 6.45) is 8.51. The summed E-state index contributed by atoms with van der Waals surface area (Å²) in [7, 11) is 1.79. The first-order chi connectivity index (χ1) is 12.2. The average Bonchev–Trinajstić information content (AvgIpc) is 3.26. The summed E-state index contributed by atoms with van der Waals surface area (Å²) in [5.74, 6) is 0.452. The molecule has 0 spiro atoms. The molecule has 6 heteroatoms. The van der Waals surface area contributed by atoms with Crippen LogP contribution in [0.5, 0.6) is 0 Å². The summed E-state index contributed by atoms with van der Waals surface area (Å²) in [6.45, 7) is 1.57. The van der Waals surface area contributed by atoms with Crippen molar-refractivity contribution in [3.63, 3.8) is 0 Å². The van der Waals surface area contributed by atoms with E-state index >= 15 is 0 Å². The van der Waals surface area contributed by atoms with Crippen LogP contribution >= 0.6 is 0 Å². The average molecular weight is 354 g/mol. The van der Waals surface area contributed by atoms with Crippen molar-refractivity contribution in [1.29, 1.82) is 0 Å². The van der Waals surface area contributed by atoms with Crippen molar-refractivity contribution in [2.45, 2.75) is 88.2 Å². The van der Waals surface area contributed by atoms with Gasteiger partial charge in [0.15, 0.2) is 0 Å². The number of aliphatic hydroxyl groups is 1. The van der Waals surface area contributed by atoms with Crippen LogP contribution in [0.3, 0.4) is 0 Å². The molecule has 6 nitrogen and oxygen atoms in total. The molecule has 3 aliphatic rings. The highest BCUT2D eigenvalue weighted by atomic mass is 16.6. The van der Waals surface area contributed by atoms with Gasteiger partial charge in [0.05, 0.1) is 6.10 Å². The van der Waals surface area contributed by atoms with Crippen LogP contribution in [0.15, 0.2) is 0 Å². The van der Waals surface area contributed by atoms with Gasteiger partial charge in [-0.05, 0) is 63.8 Å². The van der Waals surface area contributed by atoms with Crippen LogP contribution in [0.25, 0.3) is 0 Å². The zero-order chi connectivity index (χ0) is 17.6. The molecule has 3 N–H and O–H groups in total. The quantitative estimate of drug-likeness (QED) is 0.599. The molecule has 25 heavy (non-hydrogen) atoms. The van der Waals surface area contributed by atoms with Crippen LogP contribution in [0.1, 0.15) is 57.8 Å². The molecular formula is C19H34N2O4. The zero-order valence-corrected chi connectivity index (χ0v) is 15.4. The molecule has 0 unspecified atom stereocenters. The summed E-state index contributed by atoms with van der Waals surface area (Å²) < 4.78 is 11.1. The number of carbonyl (C=O) groups is 1. The zero-order valence-electron chi connectivity index (χ0n) is 15.4. The Labute approximate surface area is 151 Å². The molecule has 0 bridgehead atoms. The van der Waals surface area contributed by atoms with Crippen LogP contribution < -0.4 is 10.6 Å². The summed E-state index contributed by atoms with van der Waals surface area (Å²) in [5, 5.41) is 17.0. The van der Waals surface area contributed by atoms with E-state index in [0.29, 0.717) is 31.0 Å². The first-order valence-electron chi connectivity index (χ1n) is 10.0. The van der Waals surface area contributed by atoms with Crippen LogP contribution in [-0.2, 0) is 14.3 Å². The second-order valence-corrected chi connectivity index (χ2v) is 7.98. The second kappa shape index (κ2) is 9.31. The van der Waals surface area contributed by atoms with Crippen LogP contribution in [0.2, 0.25) is 0 Å². The van der Waals surface area contributed by atoms with Gasteiger partial charge in [-0.1, -0.05) is 0 Å². The van der Waals surface area contributed by atoms with E-state index in [1.54, 1.807) is 7.11 Å². The Balaban J connectivity index is 1.43. The first-order valence-corrected chi connectivity index (χ1v) is 10.0. The van der Waals surface area contributed by atoms with Gasteiger partial charge in [-0.2, -0.15) is 0 Å². The standard InChI is InChI=1S/C19H34N2O4/c1-24-15-7-4-13(5-8-15)11-16-19(17(22)12-21-16)25-18(23)9-6-14-3-2-10-20-14/h13-17,19-22H,2-12H2,1H3/t13?,14-,15?,16+,17-,19-/m0/s1. The molecule has 2 aliphatic heterocycles. The number of esters is 1. The minimum atomic E-state index is -0.589. The van der Waals surface area contributed by atoms with Crippen molar-refractivity contribution in [2.75, 3.05) is 20.2 Å². The second-order valence-electron chi connectivity index (χ2n) is 7.98. The molecule has 1 aliphatic carbocycles. The molecule has 2 heterocycles. The number of aliphatic hydroxyl groups excluding tert-OH is 1. The largest absolute Gasteiger partial charge is 0.458 e. The van der Waals surface area contributed by atoms with Crippen molar-refractivity contribution in [3.8, 4) is 0 Å². The number of hydrogen-bond donors (Lipinski definition) is 3. The highest BCUT2D eigenvalue weighted by molar-refractivity contribution is 5.69. The third-order valence-electron chi connectivity index (χ3n) is 6.21. The van der Waals surface area contributed by atoms with Gasteiger partial charge in [0.25, 0.3) is 0 Å². The minimum absolute atomic E-state index is 0.0765. The fourth-order valence-corrected chi connectivity index (χ4v) is 4.62. The van der Waals surface area contributed by atoms with Crippen LogP contribution in [0, 0.1) is 5.92 Å². The molecule has 0 aromatic heterocycles. The number of nitrogens with one attached hydrogen (secondary N) is 2. The molecule has 0 aromatic rings. The summed E-state index contributed by atoms with van der Waals surface area (Å²) in [4.78, 5) is 12.2. The number of β-amino-alcohol motifs (C(OH)–C–C–N with tert-alkyl or cyclic N) is 1. The van der Waals surface area contributed by atoms with Crippen LogP contribution in [0.4, 0.5) is 0 Å². The molecule has 0 amide bonds. The topological polar surface area (TPSA) is 79.8 Å². The molecule has 2 saturated heterocycles. The molecule has 3 fully saturated rings. The predicted molar refractivity (Wildman–Crippen MR) is 95.3 cm³/mol. The van der Waals surface area contributed by atoms with Gasteiger partial charge in [-0.3, -0.25) is 4.79 Å². The molecule has 144 valence electrons. The molecule has 0 radical (unpaired) electrons. The smallest absolute Gasteiger partial charge is 0.306 e.